The first-order chi connectivity index (χ1) is 10.1. The Kier molecular flexibility index (Phi) is 5.49. The molecule has 2 heterocycles. The van der Waals surface area contributed by atoms with Crippen molar-refractivity contribution in [1.82, 2.24) is 10.2 Å². The third kappa shape index (κ3) is 4.38. The lowest BCUT2D eigenvalue weighted by Crippen LogP contribution is -2.39. The predicted molar refractivity (Wildman–Crippen MR) is 83.6 cm³/mol. The predicted octanol–water partition coefficient (Wildman–Crippen LogP) is 1.73. The number of aliphatic hydroxyl groups is 1. The standard InChI is InChI=1S/C14H16N2O3S2/c1-16(14(19)12-3-2-5-21-12)8-13(18)15-7-11(17)10-4-6-20-9-10/h2-6,9,11,17H,7-8H2,1H3,(H,15,18). The average Bonchev–Trinajstić information content (AvgIpc) is 3.15. The molecule has 1 unspecified atom stereocenters. The minimum absolute atomic E-state index is 0.0346. The summed E-state index contributed by atoms with van der Waals surface area (Å²) in [5.41, 5.74) is 0.781. The highest BCUT2D eigenvalue weighted by atomic mass is 32.1. The number of aliphatic hydroxyl groups excluding tert-OH is 1. The minimum atomic E-state index is -0.724. The summed E-state index contributed by atoms with van der Waals surface area (Å²) in [6.07, 6.45) is -0.724. The Morgan fingerprint density at radius 2 is 2.19 bits per heavy atom. The molecule has 112 valence electrons. The molecule has 0 aliphatic heterocycles. The summed E-state index contributed by atoms with van der Waals surface area (Å²) in [7, 11) is 1.58. The zero-order chi connectivity index (χ0) is 15.2. The van der Waals surface area contributed by atoms with Crippen LogP contribution in [0.15, 0.2) is 34.3 Å². The molecule has 0 saturated heterocycles. The SMILES string of the molecule is CN(CC(=O)NCC(O)c1ccsc1)C(=O)c1cccs1. The molecule has 0 saturated carbocycles. The first-order valence-corrected chi connectivity index (χ1v) is 8.16. The van der Waals surface area contributed by atoms with Crippen molar-refractivity contribution in [2.45, 2.75) is 6.10 Å². The van der Waals surface area contributed by atoms with Crippen molar-refractivity contribution in [1.29, 1.82) is 0 Å². The molecule has 7 heteroatoms. The van der Waals surface area contributed by atoms with Gasteiger partial charge in [-0.05, 0) is 33.8 Å². The molecule has 0 aromatic carbocycles. The van der Waals surface area contributed by atoms with E-state index in [9.17, 15) is 14.7 Å². The van der Waals surface area contributed by atoms with Crippen LogP contribution < -0.4 is 5.32 Å². The first-order valence-electron chi connectivity index (χ1n) is 6.33. The third-order valence-electron chi connectivity index (χ3n) is 2.88. The number of nitrogens with zero attached hydrogens (tertiary/aromatic N) is 1. The van der Waals surface area contributed by atoms with Crippen LogP contribution in [0.25, 0.3) is 0 Å². The third-order valence-corrected chi connectivity index (χ3v) is 4.44. The van der Waals surface area contributed by atoms with Crippen molar-refractivity contribution in [2.24, 2.45) is 0 Å². The number of hydrogen-bond acceptors (Lipinski definition) is 5. The molecule has 1 atom stereocenters. The summed E-state index contributed by atoms with van der Waals surface area (Å²) in [5, 5.41) is 18.0. The highest BCUT2D eigenvalue weighted by Crippen LogP contribution is 2.15. The van der Waals surface area contributed by atoms with E-state index in [1.54, 1.807) is 19.2 Å². The Bertz CT molecular complexity index is 581. The largest absolute Gasteiger partial charge is 0.387 e. The van der Waals surface area contributed by atoms with Crippen LogP contribution in [0, 0.1) is 0 Å². The van der Waals surface area contributed by atoms with Gasteiger partial charge in [0.2, 0.25) is 5.91 Å². The average molecular weight is 324 g/mol. The lowest BCUT2D eigenvalue weighted by atomic mass is 10.2. The zero-order valence-electron chi connectivity index (χ0n) is 11.5. The number of carbonyl (C=O) groups excluding carboxylic acids is 2. The van der Waals surface area contributed by atoms with Crippen LogP contribution in [0.2, 0.25) is 0 Å². The van der Waals surface area contributed by atoms with Gasteiger partial charge in [-0.1, -0.05) is 6.07 Å². The molecule has 0 spiro atoms. The Balaban J connectivity index is 1.78. The molecule has 2 N–H and O–H groups in total. The van der Waals surface area contributed by atoms with Crippen molar-refractivity contribution >= 4 is 34.5 Å². The first kappa shape index (κ1) is 15.7. The van der Waals surface area contributed by atoms with Crippen LogP contribution >= 0.6 is 22.7 Å². The fourth-order valence-electron chi connectivity index (χ4n) is 1.72. The van der Waals surface area contributed by atoms with Gasteiger partial charge in [-0.25, -0.2) is 0 Å². The van der Waals surface area contributed by atoms with Crippen LogP contribution in [0.5, 0.6) is 0 Å². The van der Waals surface area contributed by atoms with Crippen molar-refractivity contribution in [3.63, 3.8) is 0 Å². The fourth-order valence-corrected chi connectivity index (χ4v) is 3.15. The Hall–Kier alpha value is -1.70. The molecule has 0 radical (unpaired) electrons. The number of amides is 2. The summed E-state index contributed by atoms with van der Waals surface area (Å²) in [4.78, 5) is 25.7. The molecule has 2 aromatic heterocycles. The van der Waals surface area contributed by atoms with Crippen LogP contribution in [-0.2, 0) is 4.79 Å². The zero-order valence-corrected chi connectivity index (χ0v) is 13.1. The maximum Gasteiger partial charge on any atom is 0.264 e. The van der Waals surface area contributed by atoms with Crippen LogP contribution in [-0.4, -0.2) is 42.0 Å². The second kappa shape index (κ2) is 7.35. The molecule has 2 rings (SSSR count). The van der Waals surface area contributed by atoms with Gasteiger partial charge in [0.05, 0.1) is 17.5 Å². The van der Waals surface area contributed by atoms with Gasteiger partial charge < -0.3 is 15.3 Å². The highest BCUT2D eigenvalue weighted by molar-refractivity contribution is 7.12. The molecule has 0 bridgehead atoms. The topological polar surface area (TPSA) is 69.6 Å². The molecule has 21 heavy (non-hydrogen) atoms. The van der Waals surface area contributed by atoms with Gasteiger partial charge in [0.15, 0.2) is 0 Å². The van der Waals surface area contributed by atoms with Gasteiger partial charge >= 0.3 is 0 Å². The molecular weight excluding hydrogens is 308 g/mol. The van der Waals surface area contributed by atoms with Crippen LogP contribution in [0.1, 0.15) is 21.3 Å². The van der Waals surface area contributed by atoms with E-state index < -0.39 is 6.10 Å². The number of likely N-dealkylation sites (N-methyl/N-ethyl adjacent to an activating group) is 1. The smallest absolute Gasteiger partial charge is 0.264 e. The van der Waals surface area contributed by atoms with E-state index in [4.69, 9.17) is 0 Å². The van der Waals surface area contributed by atoms with Gasteiger partial charge in [-0.2, -0.15) is 11.3 Å². The quantitative estimate of drug-likeness (QED) is 0.850. The van der Waals surface area contributed by atoms with Gasteiger partial charge in [0.1, 0.15) is 0 Å². The van der Waals surface area contributed by atoms with E-state index in [1.165, 1.54) is 27.6 Å². The van der Waals surface area contributed by atoms with Gasteiger partial charge in [-0.15, -0.1) is 11.3 Å². The molecular formula is C14H16N2O3S2. The second-order valence-corrected chi connectivity index (χ2v) is 6.24. The number of rotatable bonds is 6. The number of thiophene rings is 2. The molecule has 0 aliphatic carbocycles. The monoisotopic (exact) mass is 324 g/mol. The number of nitrogens with one attached hydrogen (secondary N) is 1. The van der Waals surface area contributed by atoms with E-state index in [2.05, 4.69) is 5.32 Å². The molecule has 0 fully saturated rings. The number of carbonyl (C=O) groups is 2. The lowest BCUT2D eigenvalue weighted by molar-refractivity contribution is -0.122. The van der Waals surface area contributed by atoms with Crippen LogP contribution in [0.4, 0.5) is 0 Å². The summed E-state index contributed by atoms with van der Waals surface area (Å²) < 4.78 is 0. The van der Waals surface area contributed by atoms with Crippen molar-refractivity contribution < 1.29 is 14.7 Å². The Morgan fingerprint density at radius 3 is 2.81 bits per heavy atom. The lowest BCUT2D eigenvalue weighted by Gasteiger charge is -2.17. The van der Waals surface area contributed by atoms with Crippen molar-refractivity contribution in [3.8, 4) is 0 Å². The van der Waals surface area contributed by atoms with Crippen LogP contribution in [0.3, 0.4) is 0 Å². The molecule has 5 nitrogen and oxygen atoms in total. The normalized spacial score (nSPS) is 11.9. The van der Waals surface area contributed by atoms with Gasteiger partial charge in [0, 0.05) is 13.6 Å². The summed E-state index contributed by atoms with van der Waals surface area (Å²) in [5.74, 6) is -0.477. The molecule has 2 aromatic rings. The summed E-state index contributed by atoms with van der Waals surface area (Å²) >= 11 is 2.83. The summed E-state index contributed by atoms with van der Waals surface area (Å²) in [6, 6.07) is 5.33. The fraction of sp³-hybridized carbons (Fsp3) is 0.286. The maximum atomic E-state index is 12.0. The van der Waals surface area contributed by atoms with Crippen molar-refractivity contribution in [2.75, 3.05) is 20.1 Å². The number of hydrogen-bond donors (Lipinski definition) is 2. The second-order valence-electron chi connectivity index (χ2n) is 4.52. The Labute approximate surface area is 130 Å². The van der Waals surface area contributed by atoms with Gasteiger partial charge in [-0.3, -0.25) is 9.59 Å². The Morgan fingerprint density at radius 1 is 1.38 bits per heavy atom. The minimum Gasteiger partial charge on any atom is -0.387 e. The van der Waals surface area contributed by atoms with E-state index >= 15 is 0 Å². The summed E-state index contributed by atoms with van der Waals surface area (Å²) in [6.45, 7) is 0.101. The highest BCUT2D eigenvalue weighted by Gasteiger charge is 2.16. The molecule has 2 amide bonds. The molecule has 0 aliphatic rings. The van der Waals surface area contributed by atoms with E-state index in [0.717, 1.165) is 5.56 Å². The maximum absolute atomic E-state index is 12.0. The van der Waals surface area contributed by atoms with Gasteiger partial charge in [0.25, 0.3) is 5.91 Å². The van der Waals surface area contributed by atoms with E-state index in [-0.39, 0.29) is 24.9 Å². The van der Waals surface area contributed by atoms with Crippen molar-refractivity contribution in [3.05, 3.63) is 44.8 Å². The van der Waals surface area contributed by atoms with E-state index in [0.29, 0.717) is 4.88 Å². The van der Waals surface area contributed by atoms with E-state index in [1.807, 2.05) is 22.2 Å².